The molecule has 1 N–H and O–H groups in total. The number of ether oxygens (including phenoxy) is 2. The van der Waals surface area contributed by atoms with E-state index in [1.807, 2.05) is 13.0 Å². The molecule has 0 fully saturated rings. The number of hydrogen-bond acceptors (Lipinski definition) is 3. The van der Waals surface area contributed by atoms with Crippen LogP contribution in [0.25, 0.3) is 0 Å². The lowest BCUT2D eigenvalue weighted by atomic mass is 10.1. The zero-order chi connectivity index (χ0) is 14.7. The third-order valence-electron chi connectivity index (χ3n) is 2.98. The fraction of sp³-hybridized carbons (Fsp3) is 0.250. The van der Waals surface area contributed by atoms with E-state index in [4.69, 9.17) is 9.47 Å². The van der Waals surface area contributed by atoms with E-state index in [2.05, 4.69) is 0 Å². The molecule has 4 heteroatoms. The van der Waals surface area contributed by atoms with Gasteiger partial charge in [0.25, 0.3) is 0 Å². The molecule has 0 saturated carbocycles. The number of benzene rings is 2. The first-order valence-corrected chi connectivity index (χ1v) is 6.32. The molecule has 3 nitrogen and oxygen atoms in total. The Morgan fingerprint density at radius 3 is 2.55 bits per heavy atom. The summed E-state index contributed by atoms with van der Waals surface area (Å²) in [5.74, 6) is 0.422. The predicted molar refractivity (Wildman–Crippen MR) is 74.8 cm³/mol. The van der Waals surface area contributed by atoms with Crippen molar-refractivity contribution in [3.8, 4) is 17.2 Å². The topological polar surface area (TPSA) is 38.7 Å². The average Bonchev–Trinajstić information content (AvgIpc) is 2.42. The zero-order valence-corrected chi connectivity index (χ0v) is 11.7. The van der Waals surface area contributed by atoms with E-state index in [-0.39, 0.29) is 5.75 Å². The first-order chi connectivity index (χ1) is 9.52. The molecule has 0 saturated heterocycles. The summed E-state index contributed by atoms with van der Waals surface area (Å²) in [5.41, 5.74) is 1.41. The summed E-state index contributed by atoms with van der Waals surface area (Å²) >= 11 is 0. The minimum absolute atomic E-state index is 0.0182. The van der Waals surface area contributed by atoms with Crippen LogP contribution in [-0.4, -0.2) is 12.2 Å². The molecule has 2 rings (SSSR count). The second-order valence-corrected chi connectivity index (χ2v) is 4.59. The van der Waals surface area contributed by atoms with Gasteiger partial charge in [-0.15, -0.1) is 0 Å². The average molecular weight is 276 g/mol. The third kappa shape index (κ3) is 2.91. The Morgan fingerprint density at radius 1 is 1.15 bits per heavy atom. The van der Waals surface area contributed by atoms with Crippen LogP contribution < -0.4 is 9.47 Å². The molecule has 0 spiro atoms. The SMILES string of the molecule is COc1cc(C)ccc1Oc1c(F)cccc1C(C)O. The highest BCUT2D eigenvalue weighted by molar-refractivity contribution is 5.47. The monoisotopic (exact) mass is 276 g/mol. The van der Waals surface area contributed by atoms with Gasteiger partial charge in [-0.3, -0.25) is 0 Å². The molecule has 106 valence electrons. The number of para-hydroxylation sites is 1. The Hall–Kier alpha value is -2.07. The summed E-state index contributed by atoms with van der Waals surface area (Å²) in [6, 6.07) is 9.83. The van der Waals surface area contributed by atoms with E-state index in [0.29, 0.717) is 17.1 Å². The maximum absolute atomic E-state index is 13.9. The number of hydrogen-bond donors (Lipinski definition) is 1. The zero-order valence-electron chi connectivity index (χ0n) is 11.7. The molecule has 1 unspecified atom stereocenters. The number of halogens is 1. The fourth-order valence-electron chi connectivity index (χ4n) is 1.93. The standard InChI is InChI=1S/C16H17FO3/c1-10-7-8-14(15(9-10)19-3)20-16-12(11(2)18)5-4-6-13(16)17/h4-9,11,18H,1-3H3. The van der Waals surface area contributed by atoms with Gasteiger partial charge in [0.2, 0.25) is 0 Å². The highest BCUT2D eigenvalue weighted by Gasteiger charge is 2.16. The van der Waals surface area contributed by atoms with Crippen molar-refractivity contribution in [1.82, 2.24) is 0 Å². The van der Waals surface area contributed by atoms with Crippen molar-refractivity contribution in [3.63, 3.8) is 0 Å². The molecule has 2 aromatic carbocycles. The van der Waals surface area contributed by atoms with Gasteiger partial charge in [0.15, 0.2) is 23.1 Å². The van der Waals surface area contributed by atoms with Crippen molar-refractivity contribution in [1.29, 1.82) is 0 Å². The quantitative estimate of drug-likeness (QED) is 0.917. The Labute approximate surface area is 117 Å². The molecule has 0 aliphatic heterocycles. The molecule has 20 heavy (non-hydrogen) atoms. The van der Waals surface area contributed by atoms with E-state index >= 15 is 0 Å². The molecular formula is C16H17FO3. The van der Waals surface area contributed by atoms with Crippen molar-refractivity contribution in [2.24, 2.45) is 0 Å². The molecule has 0 radical (unpaired) electrons. The Kier molecular flexibility index (Phi) is 4.25. The van der Waals surface area contributed by atoms with Gasteiger partial charge in [0.05, 0.1) is 13.2 Å². The summed E-state index contributed by atoms with van der Waals surface area (Å²) in [5, 5.41) is 9.70. The summed E-state index contributed by atoms with van der Waals surface area (Å²) in [6.07, 6.45) is -0.822. The first kappa shape index (κ1) is 14.3. The minimum Gasteiger partial charge on any atom is -0.493 e. The molecule has 1 atom stereocenters. The molecule has 0 heterocycles. The lowest BCUT2D eigenvalue weighted by molar-refractivity contribution is 0.194. The van der Waals surface area contributed by atoms with E-state index in [0.717, 1.165) is 5.56 Å². The highest BCUT2D eigenvalue weighted by Crippen LogP contribution is 2.36. The highest BCUT2D eigenvalue weighted by atomic mass is 19.1. The number of rotatable bonds is 4. The van der Waals surface area contributed by atoms with Crippen molar-refractivity contribution in [2.45, 2.75) is 20.0 Å². The number of aliphatic hydroxyl groups is 1. The van der Waals surface area contributed by atoms with Crippen LogP contribution in [0.2, 0.25) is 0 Å². The number of aliphatic hydroxyl groups excluding tert-OH is 1. The maximum Gasteiger partial charge on any atom is 0.169 e. The normalized spacial score (nSPS) is 12.1. The van der Waals surface area contributed by atoms with Gasteiger partial charge >= 0.3 is 0 Å². The molecule has 0 aromatic heterocycles. The fourth-order valence-corrected chi connectivity index (χ4v) is 1.93. The Balaban J connectivity index is 2.45. The smallest absolute Gasteiger partial charge is 0.169 e. The first-order valence-electron chi connectivity index (χ1n) is 6.32. The van der Waals surface area contributed by atoms with E-state index in [9.17, 15) is 9.50 Å². The predicted octanol–water partition coefficient (Wildman–Crippen LogP) is 3.99. The van der Waals surface area contributed by atoms with Gasteiger partial charge in [-0.05, 0) is 37.6 Å². The van der Waals surface area contributed by atoms with Gasteiger partial charge in [0, 0.05) is 5.56 Å². The lowest BCUT2D eigenvalue weighted by Crippen LogP contribution is -2.00. The van der Waals surface area contributed by atoms with Crippen LogP contribution in [0.5, 0.6) is 17.2 Å². The van der Waals surface area contributed by atoms with Crippen LogP contribution in [-0.2, 0) is 0 Å². The molecule has 0 bridgehead atoms. The number of methoxy groups -OCH3 is 1. The molecule has 2 aromatic rings. The van der Waals surface area contributed by atoms with Crippen LogP contribution in [0, 0.1) is 12.7 Å². The van der Waals surface area contributed by atoms with E-state index < -0.39 is 11.9 Å². The van der Waals surface area contributed by atoms with E-state index in [1.54, 1.807) is 25.1 Å². The van der Waals surface area contributed by atoms with Crippen LogP contribution in [0.4, 0.5) is 4.39 Å². The largest absolute Gasteiger partial charge is 0.493 e. The van der Waals surface area contributed by atoms with Crippen LogP contribution in [0.1, 0.15) is 24.2 Å². The van der Waals surface area contributed by atoms with Gasteiger partial charge in [-0.25, -0.2) is 4.39 Å². The van der Waals surface area contributed by atoms with Crippen molar-refractivity contribution in [3.05, 3.63) is 53.3 Å². The molecule has 0 aliphatic carbocycles. The minimum atomic E-state index is -0.822. The Morgan fingerprint density at radius 2 is 1.90 bits per heavy atom. The second kappa shape index (κ2) is 5.92. The maximum atomic E-state index is 13.9. The summed E-state index contributed by atoms with van der Waals surface area (Å²) in [6.45, 7) is 3.49. The van der Waals surface area contributed by atoms with Gasteiger partial charge in [-0.1, -0.05) is 18.2 Å². The van der Waals surface area contributed by atoms with Crippen molar-refractivity contribution >= 4 is 0 Å². The van der Waals surface area contributed by atoms with Crippen LogP contribution in [0.3, 0.4) is 0 Å². The third-order valence-corrected chi connectivity index (χ3v) is 2.98. The Bertz CT molecular complexity index is 609. The summed E-state index contributed by atoms with van der Waals surface area (Å²) < 4.78 is 24.8. The number of aryl methyl sites for hydroxylation is 1. The van der Waals surface area contributed by atoms with E-state index in [1.165, 1.54) is 19.2 Å². The van der Waals surface area contributed by atoms with Gasteiger partial charge < -0.3 is 14.6 Å². The van der Waals surface area contributed by atoms with Crippen molar-refractivity contribution < 1.29 is 19.0 Å². The van der Waals surface area contributed by atoms with Gasteiger partial charge in [-0.2, -0.15) is 0 Å². The molecule has 0 aliphatic rings. The molecule has 0 amide bonds. The van der Waals surface area contributed by atoms with Crippen LogP contribution in [0.15, 0.2) is 36.4 Å². The molecular weight excluding hydrogens is 259 g/mol. The van der Waals surface area contributed by atoms with Gasteiger partial charge in [0.1, 0.15) is 0 Å². The van der Waals surface area contributed by atoms with Crippen molar-refractivity contribution in [2.75, 3.05) is 7.11 Å². The summed E-state index contributed by atoms with van der Waals surface area (Å²) in [4.78, 5) is 0. The second-order valence-electron chi connectivity index (χ2n) is 4.59. The van der Waals surface area contributed by atoms with Crippen LogP contribution >= 0.6 is 0 Å². The summed E-state index contributed by atoms with van der Waals surface area (Å²) in [7, 11) is 1.53. The lowest BCUT2D eigenvalue weighted by Gasteiger charge is -2.16.